The van der Waals surface area contributed by atoms with Crippen molar-refractivity contribution >= 4 is 11.9 Å². The lowest BCUT2D eigenvalue weighted by Gasteiger charge is -2.14. The van der Waals surface area contributed by atoms with E-state index in [0.717, 1.165) is 12.8 Å². The minimum Gasteiger partial charge on any atom is -0.481 e. The van der Waals surface area contributed by atoms with Gasteiger partial charge in [0.25, 0.3) is 0 Å². The first kappa shape index (κ1) is 17.9. The molecule has 1 unspecified atom stereocenters. The van der Waals surface area contributed by atoms with Gasteiger partial charge in [-0.2, -0.15) is 0 Å². The Labute approximate surface area is 115 Å². The minimum atomic E-state index is -0.836. The van der Waals surface area contributed by atoms with Crippen molar-refractivity contribution in [1.29, 1.82) is 0 Å². The SMILES string of the molecule is CCCCCCOC(C)OC(=O)CCCCC(=O)O. The summed E-state index contributed by atoms with van der Waals surface area (Å²) in [5, 5.41) is 8.45. The number of ether oxygens (including phenoxy) is 2. The average Bonchev–Trinajstić information content (AvgIpc) is 2.34. The molecule has 1 atom stereocenters. The summed E-state index contributed by atoms with van der Waals surface area (Å²) in [6.07, 6.45) is 5.34. The second-order valence-electron chi connectivity index (χ2n) is 4.59. The van der Waals surface area contributed by atoms with E-state index in [9.17, 15) is 9.59 Å². The third kappa shape index (κ3) is 13.1. The predicted octanol–water partition coefficient (Wildman–Crippen LogP) is 3.12. The van der Waals surface area contributed by atoms with Gasteiger partial charge in [0.15, 0.2) is 6.29 Å². The Kier molecular flexibility index (Phi) is 11.3. The van der Waals surface area contributed by atoms with Gasteiger partial charge >= 0.3 is 11.9 Å². The van der Waals surface area contributed by atoms with E-state index in [1.165, 1.54) is 12.8 Å². The summed E-state index contributed by atoms with van der Waals surface area (Å²) in [6.45, 7) is 4.46. The summed E-state index contributed by atoms with van der Waals surface area (Å²) in [6, 6.07) is 0. The largest absolute Gasteiger partial charge is 0.481 e. The fourth-order valence-electron chi connectivity index (χ4n) is 1.60. The van der Waals surface area contributed by atoms with E-state index in [2.05, 4.69) is 6.92 Å². The molecular weight excluding hydrogens is 248 g/mol. The van der Waals surface area contributed by atoms with E-state index in [0.29, 0.717) is 19.4 Å². The highest BCUT2D eigenvalue weighted by molar-refractivity contribution is 5.69. The van der Waals surface area contributed by atoms with Crippen LogP contribution >= 0.6 is 0 Å². The number of rotatable bonds is 12. The van der Waals surface area contributed by atoms with Gasteiger partial charge < -0.3 is 14.6 Å². The van der Waals surface area contributed by atoms with Crippen molar-refractivity contribution in [3.05, 3.63) is 0 Å². The molecule has 5 nitrogen and oxygen atoms in total. The highest BCUT2D eigenvalue weighted by Gasteiger charge is 2.09. The fourth-order valence-corrected chi connectivity index (χ4v) is 1.60. The van der Waals surface area contributed by atoms with E-state index in [-0.39, 0.29) is 18.8 Å². The topological polar surface area (TPSA) is 72.8 Å². The molecule has 0 saturated carbocycles. The van der Waals surface area contributed by atoms with Gasteiger partial charge in [-0.15, -0.1) is 0 Å². The Hall–Kier alpha value is -1.10. The lowest BCUT2D eigenvalue weighted by atomic mass is 10.2. The lowest BCUT2D eigenvalue weighted by Crippen LogP contribution is -2.18. The molecule has 5 heteroatoms. The summed E-state index contributed by atoms with van der Waals surface area (Å²) in [4.78, 5) is 21.7. The molecule has 19 heavy (non-hydrogen) atoms. The molecule has 0 fully saturated rings. The molecule has 0 bridgehead atoms. The third-order valence-electron chi connectivity index (χ3n) is 2.67. The van der Waals surface area contributed by atoms with Crippen molar-refractivity contribution in [2.75, 3.05) is 6.61 Å². The van der Waals surface area contributed by atoms with Crippen LogP contribution in [0.1, 0.15) is 65.2 Å². The standard InChI is InChI=1S/C14H26O5/c1-3-4-5-8-11-18-12(2)19-14(17)10-7-6-9-13(15)16/h12H,3-11H2,1-2H3,(H,15,16). The number of carbonyl (C=O) groups excluding carboxylic acids is 1. The summed E-state index contributed by atoms with van der Waals surface area (Å²) in [7, 11) is 0. The van der Waals surface area contributed by atoms with Gasteiger partial charge in [-0.3, -0.25) is 9.59 Å². The van der Waals surface area contributed by atoms with Gasteiger partial charge in [-0.25, -0.2) is 0 Å². The normalized spacial score (nSPS) is 12.1. The first-order valence-electron chi connectivity index (χ1n) is 7.09. The van der Waals surface area contributed by atoms with Crippen molar-refractivity contribution < 1.29 is 24.2 Å². The molecule has 112 valence electrons. The second kappa shape index (κ2) is 12.0. The number of esters is 1. The molecule has 0 aliphatic rings. The molecule has 1 N–H and O–H groups in total. The number of carbonyl (C=O) groups is 2. The molecule has 0 aliphatic heterocycles. The molecule has 0 amide bonds. The van der Waals surface area contributed by atoms with Crippen LogP contribution in [0, 0.1) is 0 Å². The smallest absolute Gasteiger partial charge is 0.308 e. The van der Waals surface area contributed by atoms with E-state index < -0.39 is 12.3 Å². The number of carboxylic acid groups (broad SMARTS) is 1. The van der Waals surface area contributed by atoms with Crippen molar-refractivity contribution in [3.63, 3.8) is 0 Å². The van der Waals surface area contributed by atoms with Crippen LogP contribution in [0.5, 0.6) is 0 Å². The maximum atomic E-state index is 11.4. The van der Waals surface area contributed by atoms with Crippen LogP contribution in [0.2, 0.25) is 0 Å². The minimum absolute atomic E-state index is 0.0940. The maximum Gasteiger partial charge on any atom is 0.308 e. The monoisotopic (exact) mass is 274 g/mol. The molecule has 0 rings (SSSR count). The maximum absolute atomic E-state index is 11.4. The number of aliphatic carboxylic acids is 1. The van der Waals surface area contributed by atoms with Crippen LogP contribution < -0.4 is 0 Å². The average molecular weight is 274 g/mol. The van der Waals surface area contributed by atoms with Crippen LogP contribution in [-0.4, -0.2) is 29.9 Å². The third-order valence-corrected chi connectivity index (χ3v) is 2.67. The summed E-state index contributed by atoms with van der Waals surface area (Å²) >= 11 is 0. The summed E-state index contributed by atoms with van der Waals surface area (Å²) < 4.78 is 10.4. The first-order chi connectivity index (χ1) is 9.06. The quantitative estimate of drug-likeness (QED) is 0.336. The van der Waals surface area contributed by atoms with Gasteiger partial charge in [-0.05, 0) is 26.2 Å². The van der Waals surface area contributed by atoms with Crippen LogP contribution in [0.15, 0.2) is 0 Å². The molecule has 0 saturated heterocycles. The van der Waals surface area contributed by atoms with Crippen LogP contribution in [0.25, 0.3) is 0 Å². The number of hydrogen-bond donors (Lipinski definition) is 1. The zero-order chi connectivity index (χ0) is 14.5. The molecule has 0 spiro atoms. The summed E-state index contributed by atoms with van der Waals surface area (Å²) in [5.74, 6) is -1.16. The number of unbranched alkanes of at least 4 members (excludes halogenated alkanes) is 4. The van der Waals surface area contributed by atoms with Gasteiger partial charge in [-0.1, -0.05) is 26.2 Å². The molecule has 0 aromatic heterocycles. The molecule has 0 aliphatic carbocycles. The number of carboxylic acids is 1. The molecule has 0 aromatic rings. The zero-order valence-electron chi connectivity index (χ0n) is 12.0. The highest BCUT2D eigenvalue weighted by atomic mass is 16.7. The Morgan fingerprint density at radius 3 is 2.37 bits per heavy atom. The van der Waals surface area contributed by atoms with E-state index >= 15 is 0 Å². The van der Waals surface area contributed by atoms with Crippen molar-refractivity contribution in [1.82, 2.24) is 0 Å². The molecule has 0 radical (unpaired) electrons. The van der Waals surface area contributed by atoms with Crippen molar-refractivity contribution in [2.45, 2.75) is 71.5 Å². The van der Waals surface area contributed by atoms with Crippen molar-refractivity contribution in [3.8, 4) is 0 Å². The Bertz CT molecular complexity index is 252. The highest BCUT2D eigenvalue weighted by Crippen LogP contribution is 2.05. The van der Waals surface area contributed by atoms with Gasteiger partial charge in [0.05, 0.1) is 6.61 Å². The van der Waals surface area contributed by atoms with Gasteiger partial charge in [0.1, 0.15) is 0 Å². The van der Waals surface area contributed by atoms with Crippen LogP contribution in [-0.2, 0) is 19.1 Å². The fraction of sp³-hybridized carbons (Fsp3) is 0.857. The van der Waals surface area contributed by atoms with Crippen LogP contribution in [0.3, 0.4) is 0 Å². The lowest BCUT2D eigenvalue weighted by molar-refractivity contribution is -0.175. The summed E-state index contributed by atoms with van der Waals surface area (Å²) in [5.41, 5.74) is 0. The molecular formula is C14H26O5. The second-order valence-corrected chi connectivity index (χ2v) is 4.59. The predicted molar refractivity (Wildman–Crippen MR) is 71.8 cm³/mol. The van der Waals surface area contributed by atoms with Gasteiger partial charge in [0, 0.05) is 12.8 Å². The molecule has 0 aromatic carbocycles. The van der Waals surface area contributed by atoms with Crippen molar-refractivity contribution in [2.24, 2.45) is 0 Å². The van der Waals surface area contributed by atoms with E-state index in [1.54, 1.807) is 6.92 Å². The number of hydrogen-bond acceptors (Lipinski definition) is 4. The van der Waals surface area contributed by atoms with Crippen LogP contribution in [0.4, 0.5) is 0 Å². The first-order valence-corrected chi connectivity index (χ1v) is 7.09. The van der Waals surface area contributed by atoms with E-state index in [4.69, 9.17) is 14.6 Å². The molecule has 0 heterocycles. The Morgan fingerprint density at radius 1 is 1.05 bits per heavy atom. The Balaban J connectivity index is 3.44. The van der Waals surface area contributed by atoms with E-state index in [1.807, 2.05) is 0 Å². The zero-order valence-corrected chi connectivity index (χ0v) is 12.0. The van der Waals surface area contributed by atoms with Gasteiger partial charge in [0.2, 0.25) is 0 Å². The Morgan fingerprint density at radius 2 is 1.74 bits per heavy atom.